The first kappa shape index (κ1) is 31.7. The van der Waals surface area contributed by atoms with Crippen LogP contribution in [0.15, 0.2) is 103 Å². The lowest BCUT2D eigenvalue weighted by atomic mass is 9.33. The maximum absolute atomic E-state index is 14.2. The van der Waals surface area contributed by atoms with Crippen molar-refractivity contribution in [3.63, 3.8) is 0 Å². The van der Waals surface area contributed by atoms with E-state index in [4.69, 9.17) is 0 Å². The molecule has 7 rings (SSSR count). The number of rotatable bonds is 3. The number of halogens is 9. The predicted octanol–water partition coefficient (Wildman–Crippen LogP) is 9.95. The van der Waals surface area contributed by atoms with Crippen LogP contribution in [0.25, 0.3) is 0 Å². The highest BCUT2D eigenvalue weighted by molar-refractivity contribution is 7.00. The third-order valence-electron chi connectivity index (χ3n) is 8.90. The van der Waals surface area contributed by atoms with Crippen molar-refractivity contribution in [2.75, 3.05) is 9.80 Å². The second kappa shape index (κ2) is 10.8. The Morgan fingerprint density at radius 2 is 0.917 bits per heavy atom. The Labute approximate surface area is 270 Å². The summed E-state index contributed by atoms with van der Waals surface area (Å²) >= 11 is 0. The molecule has 244 valence electrons. The number of alkyl halides is 9. The van der Waals surface area contributed by atoms with Crippen molar-refractivity contribution in [2.24, 2.45) is 0 Å². The lowest BCUT2D eigenvalue weighted by molar-refractivity contribution is -0.138. The van der Waals surface area contributed by atoms with E-state index in [1.54, 1.807) is 34.1 Å². The molecule has 0 unspecified atom stereocenters. The summed E-state index contributed by atoms with van der Waals surface area (Å²) in [7, 11) is 0. The molecule has 0 bridgehead atoms. The Hall–Kier alpha value is -4.87. The molecule has 0 aromatic heterocycles. The van der Waals surface area contributed by atoms with Crippen LogP contribution in [0.3, 0.4) is 0 Å². The quantitative estimate of drug-likeness (QED) is 0.137. The van der Waals surface area contributed by atoms with Gasteiger partial charge in [-0.3, -0.25) is 0 Å². The van der Waals surface area contributed by atoms with Gasteiger partial charge in [0.15, 0.2) is 0 Å². The number of fused-ring (bicyclic) bond motifs is 4. The number of anilines is 6. The standard InChI is InChI=1S/C36H24BF9N2/c1-20(2)21-17-31-33-32(18-21)48(26-14-9-23(10-15-26)35(41,42)43)30-16-11-24(36(44,45)46)19-28(30)37(33)27-5-3-4-6-29(27)47(31)25-12-7-22(8-13-25)34(38,39)40/h3-20H,1-2H3. The third kappa shape index (κ3) is 5.18. The first-order chi connectivity index (χ1) is 22.5. The summed E-state index contributed by atoms with van der Waals surface area (Å²) in [5.41, 5.74) is 2.40. The zero-order valence-corrected chi connectivity index (χ0v) is 25.3. The van der Waals surface area contributed by atoms with Gasteiger partial charge in [-0.15, -0.1) is 0 Å². The Kier molecular flexibility index (Phi) is 7.16. The Morgan fingerprint density at radius 3 is 1.38 bits per heavy atom. The van der Waals surface area contributed by atoms with Gasteiger partial charge in [-0.05, 0) is 107 Å². The maximum Gasteiger partial charge on any atom is 0.416 e. The molecule has 0 fully saturated rings. The molecule has 0 spiro atoms. The molecular formula is C36H24BF9N2. The fourth-order valence-electron chi connectivity index (χ4n) is 6.64. The molecule has 0 N–H and O–H groups in total. The van der Waals surface area contributed by atoms with E-state index in [0.29, 0.717) is 45.0 Å². The summed E-state index contributed by atoms with van der Waals surface area (Å²) < 4.78 is 124. The highest BCUT2D eigenvalue weighted by Crippen LogP contribution is 2.46. The molecule has 5 aromatic rings. The van der Waals surface area contributed by atoms with Gasteiger partial charge in [0.1, 0.15) is 0 Å². The van der Waals surface area contributed by atoms with Crippen molar-refractivity contribution >= 4 is 57.2 Å². The van der Waals surface area contributed by atoms with Gasteiger partial charge in [-0.1, -0.05) is 38.1 Å². The van der Waals surface area contributed by atoms with Crippen molar-refractivity contribution in [1.82, 2.24) is 0 Å². The van der Waals surface area contributed by atoms with E-state index >= 15 is 0 Å². The molecule has 2 nitrogen and oxygen atoms in total. The minimum Gasteiger partial charge on any atom is -0.311 e. The molecule has 0 aliphatic carbocycles. The summed E-state index contributed by atoms with van der Waals surface area (Å²) in [5.74, 6) is -0.0694. The maximum atomic E-state index is 14.2. The number of para-hydroxylation sites is 1. The van der Waals surface area contributed by atoms with Gasteiger partial charge < -0.3 is 9.80 Å². The molecule has 2 heterocycles. The van der Waals surface area contributed by atoms with E-state index in [2.05, 4.69) is 0 Å². The summed E-state index contributed by atoms with van der Waals surface area (Å²) in [5, 5.41) is 0. The van der Waals surface area contributed by atoms with Gasteiger partial charge in [0.05, 0.1) is 16.7 Å². The van der Waals surface area contributed by atoms with Crippen molar-refractivity contribution in [1.29, 1.82) is 0 Å². The lowest BCUT2D eigenvalue weighted by Crippen LogP contribution is -2.61. The van der Waals surface area contributed by atoms with Crippen LogP contribution < -0.4 is 26.2 Å². The van der Waals surface area contributed by atoms with Crippen molar-refractivity contribution in [3.05, 3.63) is 125 Å². The summed E-state index contributed by atoms with van der Waals surface area (Å²) in [6, 6.07) is 23.2. The van der Waals surface area contributed by atoms with E-state index in [1.165, 1.54) is 30.3 Å². The Bertz CT molecular complexity index is 2010. The fraction of sp³-hybridized carbons (Fsp3) is 0.167. The molecule has 0 atom stereocenters. The molecule has 0 amide bonds. The van der Waals surface area contributed by atoms with Crippen LogP contribution in [-0.2, 0) is 18.5 Å². The average Bonchev–Trinajstić information content (AvgIpc) is 3.03. The molecule has 48 heavy (non-hydrogen) atoms. The van der Waals surface area contributed by atoms with E-state index in [9.17, 15) is 39.5 Å². The second-order valence-electron chi connectivity index (χ2n) is 12.2. The van der Waals surface area contributed by atoms with Crippen molar-refractivity contribution in [2.45, 2.75) is 38.3 Å². The molecule has 5 aromatic carbocycles. The van der Waals surface area contributed by atoms with E-state index in [1.807, 2.05) is 26.0 Å². The highest BCUT2D eigenvalue weighted by atomic mass is 19.4. The van der Waals surface area contributed by atoms with Crippen LogP contribution in [0.5, 0.6) is 0 Å². The molecule has 12 heteroatoms. The summed E-state index contributed by atoms with van der Waals surface area (Å²) in [6.07, 6.45) is -13.9. The van der Waals surface area contributed by atoms with Crippen LogP contribution in [0, 0.1) is 0 Å². The molecular weight excluding hydrogens is 642 g/mol. The summed E-state index contributed by atoms with van der Waals surface area (Å²) in [6.45, 7) is 3.15. The van der Waals surface area contributed by atoms with Crippen LogP contribution >= 0.6 is 0 Å². The van der Waals surface area contributed by atoms with Gasteiger partial charge >= 0.3 is 18.5 Å². The monoisotopic (exact) mass is 666 g/mol. The van der Waals surface area contributed by atoms with Gasteiger partial charge in [0.2, 0.25) is 0 Å². The van der Waals surface area contributed by atoms with Gasteiger partial charge in [-0.2, -0.15) is 39.5 Å². The smallest absolute Gasteiger partial charge is 0.311 e. The molecule has 0 radical (unpaired) electrons. The molecule has 2 aliphatic rings. The topological polar surface area (TPSA) is 6.48 Å². The third-order valence-corrected chi connectivity index (χ3v) is 8.90. The van der Waals surface area contributed by atoms with E-state index < -0.39 is 41.9 Å². The lowest BCUT2D eigenvalue weighted by Gasteiger charge is -2.44. The van der Waals surface area contributed by atoms with Crippen molar-refractivity contribution in [3.8, 4) is 0 Å². The van der Waals surface area contributed by atoms with E-state index in [0.717, 1.165) is 42.0 Å². The minimum atomic E-state index is -4.68. The zero-order valence-electron chi connectivity index (χ0n) is 25.3. The average molecular weight is 666 g/mol. The highest BCUT2D eigenvalue weighted by Gasteiger charge is 2.45. The first-order valence-electron chi connectivity index (χ1n) is 15.0. The first-order valence-corrected chi connectivity index (χ1v) is 15.0. The molecule has 0 saturated heterocycles. The van der Waals surface area contributed by atoms with Gasteiger partial charge in [-0.25, -0.2) is 0 Å². The minimum absolute atomic E-state index is 0.0694. The fourth-order valence-corrected chi connectivity index (χ4v) is 6.64. The normalized spacial score (nSPS) is 14.2. The van der Waals surface area contributed by atoms with Crippen molar-refractivity contribution < 1.29 is 39.5 Å². The number of benzene rings is 5. The van der Waals surface area contributed by atoms with Crippen LogP contribution in [0.1, 0.15) is 42.0 Å². The zero-order chi connectivity index (χ0) is 34.3. The predicted molar refractivity (Wildman–Crippen MR) is 170 cm³/mol. The molecule has 0 saturated carbocycles. The van der Waals surface area contributed by atoms with Gasteiger partial charge in [0, 0.05) is 34.1 Å². The Balaban J connectivity index is 1.55. The van der Waals surface area contributed by atoms with Crippen LogP contribution in [0.2, 0.25) is 0 Å². The number of hydrogen-bond acceptors (Lipinski definition) is 2. The Morgan fingerprint density at radius 1 is 0.479 bits per heavy atom. The SMILES string of the molecule is CC(C)c1cc2c3c(c1)N(c1ccc(C(F)(F)F)cc1)c1ccc(C(F)(F)F)cc1B3c1ccccc1N2c1ccc(C(F)(F)F)cc1. The van der Waals surface area contributed by atoms with Crippen LogP contribution in [0.4, 0.5) is 73.6 Å². The van der Waals surface area contributed by atoms with Crippen LogP contribution in [-0.4, -0.2) is 6.71 Å². The largest absolute Gasteiger partial charge is 0.416 e. The summed E-state index contributed by atoms with van der Waals surface area (Å²) in [4.78, 5) is 3.45. The second-order valence-corrected chi connectivity index (χ2v) is 12.2. The van der Waals surface area contributed by atoms with E-state index in [-0.39, 0.29) is 11.4 Å². The number of hydrogen-bond donors (Lipinski definition) is 0. The number of nitrogens with zero attached hydrogens (tertiary/aromatic N) is 2. The van der Waals surface area contributed by atoms with Gasteiger partial charge in [0.25, 0.3) is 6.71 Å². The molecule has 2 aliphatic heterocycles.